The number of halogens is 1. The molecule has 1 saturated heterocycles. The number of piperazine rings is 1. The molecule has 0 radical (unpaired) electrons. The highest BCUT2D eigenvalue weighted by molar-refractivity contribution is 5.89. The second-order valence-electron chi connectivity index (χ2n) is 8.78. The van der Waals surface area contributed by atoms with Crippen molar-refractivity contribution < 1.29 is 14.0 Å². The molecular weight excluding hydrogens is 421 g/mol. The van der Waals surface area contributed by atoms with Gasteiger partial charge < -0.3 is 20.4 Å². The van der Waals surface area contributed by atoms with Gasteiger partial charge in [-0.15, -0.1) is 0 Å². The van der Waals surface area contributed by atoms with Gasteiger partial charge in [-0.1, -0.05) is 29.8 Å². The zero-order valence-corrected chi connectivity index (χ0v) is 19.7. The lowest BCUT2D eigenvalue weighted by Crippen LogP contribution is -2.52. The molecule has 3 rings (SSSR count). The van der Waals surface area contributed by atoms with Gasteiger partial charge in [0.2, 0.25) is 0 Å². The number of carbonyl (C=O) groups excluding carboxylic acids is 2. The molecule has 0 bridgehead atoms. The molecule has 0 spiro atoms. The Bertz CT molecular complexity index is 909. The largest absolute Gasteiger partial charge is 0.336 e. The summed E-state index contributed by atoms with van der Waals surface area (Å²) in [5.74, 6) is -0.291. The average Bonchev–Trinajstić information content (AvgIpc) is 2.79. The van der Waals surface area contributed by atoms with E-state index in [4.69, 9.17) is 0 Å². The van der Waals surface area contributed by atoms with Crippen molar-refractivity contribution in [1.29, 1.82) is 0 Å². The van der Waals surface area contributed by atoms with Gasteiger partial charge in [-0.05, 0) is 50.6 Å². The van der Waals surface area contributed by atoms with Crippen molar-refractivity contribution in [2.75, 3.05) is 44.6 Å². The minimum atomic E-state index is -0.291. The maximum absolute atomic E-state index is 13.2. The van der Waals surface area contributed by atoms with Crippen molar-refractivity contribution in [1.82, 2.24) is 20.0 Å². The lowest BCUT2D eigenvalue weighted by molar-refractivity contribution is 0.133. The summed E-state index contributed by atoms with van der Waals surface area (Å²) in [6.07, 6.45) is 0. The van der Waals surface area contributed by atoms with E-state index in [1.54, 1.807) is 17.0 Å². The predicted octanol–water partition coefficient (Wildman–Crippen LogP) is 3.90. The van der Waals surface area contributed by atoms with Crippen LogP contribution in [0.3, 0.4) is 0 Å². The fraction of sp³-hybridized carbons (Fsp3) is 0.440. The van der Waals surface area contributed by atoms with E-state index in [9.17, 15) is 14.0 Å². The molecule has 178 valence electrons. The Labute approximate surface area is 195 Å². The van der Waals surface area contributed by atoms with Crippen LogP contribution >= 0.6 is 0 Å². The lowest BCUT2D eigenvalue weighted by atomic mass is 10.2. The molecule has 33 heavy (non-hydrogen) atoms. The van der Waals surface area contributed by atoms with E-state index in [2.05, 4.69) is 15.5 Å². The molecule has 8 heteroatoms. The van der Waals surface area contributed by atoms with E-state index >= 15 is 0 Å². The SMILES string of the molecule is Cc1ccc(NC(=O)N2CCN(CCN(Cc3ccc(F)cc3)C(=O)NC(C)C)CC2)cc1. The summed E-state index contributed by atoms with van der Waals surface area (Å²) in [5, 5.41) is 5.89. The second kappa shape index (κ2) is 11.7. The highest BCUT2D eigenvalue weighted by Gasteiger charge is 2.22. The molecule has 1 aliphatic heterocycles. The fourth-order valence-electron chi connectivity index (χ4n) is 3.68. The quantitative estimate of drug-likeness (QED) is 0.665. The highest BCUT2D eigenvalue weighted by atomic mass is 19.1. The summed E-state index contributed by atoms with van der Waals surface area (Å²) in [5.41, 5.74) is 2.82. The number of hydrogen-bond acceptors (Lipinski definition) is 3. The summed E-state index contributed by atoms with van der Waals surface area (Å²) in [7, 11) is 0. The molecule has 1 aliphatic rings. The van der Waals surface area contributed by atoms with Crippen LogP contribution in [0.15, 0.2) is 48.5 Å². The summed E-state index contributed by atoms with van der Waals surface area (Å²) < 4.78 is 13.2. The zero-order chi connectivity index (χ0) is 23.8. The number of aryl methyl sites for hydroxylation is 1. The van der Waals surface area contributed by atoms with Crippen LogP contribution in [0.4, 0.5) is 19.7 Å². The molecule has 2 aromatic carbocycles. The molecule has 2 N–H and O–H groups in total. The fourth-order valence-corrected chi connectivity index (χ4v) is 3.68. The summed E-state index contributed by atoms with van der Waals surface area (Å²) in [6, 6.07) is 13.8. The Hall–Kier alpha value is -3.13. The first-order valence-corrected chi connectivity index (χ1v) is 11.4. The number of rotatable bonds is 7. The Morgan fingerprint density at radius 3 is 2.24 bits per heavy atom. The van der Waals surface area contributed by atoms with E-state index in [0.29, 0.717) is 32.7 Å². The van der Waals surface area contributed by atoms with Gasteiger partial charge in [-0.3, -0.25) is 4.90 Å². The number of nitrogens with zero attached hydrogens (tertiary/aromatic N) is 3. The standard InChI is InChI=1S/C25H34FN5O2/c1-19(2)27-24(32)31(18-21-6-8-22(26)9-7-21)17-14-29-12-15-30(16-13-29)25(33)28-23-10-4-20(3)5-11-23/h4-11,19H,12-18H2,1-3H3,(H,27,32)(H,28,33). The van der Waals surface area contributed by atoms with Crippen molar-refractivity contribution >= 4 is 17.7 Å². The number of anilines is 1. The molecule has 1 heterocycles. The topological polar surface area (TPSA) is 67.9 Å². The van der Waals surface area contributed by atoms with Gasteiger partial charge in [0.25, 0.3) is 0 Å². The number of amides is 4. The second-order valence-corrected chi connectivity index (χ2v) is 8.78. The smallest absolute Gasteiger partial charge is 0.321 e. The first-order valence-electron chi connectivity index (χ1n) is 11.4. The third-order valence-corrected chi connectivity index (χ3v) is 5.63. The van der Waals surface area contributed by atoms with Gasteiger partial charge in [0.1, 0.15) is 5.82 Å². The van der Waals surface area contributed by atoms with Crippen molar-refractivity contribution in [3.8, 4) is 0 Å². The summed E-state index contributed by atoms with van der Waals surface area (Å²) in [6.45, 7) is 10.3. The maximum atomic E-state index is 13.2. The molecule has 0 saturated carbocycles. The Morgan fingerprint density at radius 1 is 1.00 bits per heavy atom. The molecule has 0 atom stereocenters. The molecule has 4 amide bonds. The Morgan fingerprint density at radius 2 is 1.64 bits per heavy atom. The third kappa shape index (κ3) is 7.75. The van der Waals surface area contributed by atoms with Crippen LogP contribution in [0.5, 0.6) is 0 Å². The maximum Gasteiger partial charge on any atom is 0.321 e. The van der Waals surface area contributed by atoms with E-state index in [1.165, 1.54) is 12.1 Å². The molecule has 1 fully saturated rings. The van der Waals surface area contributed by atoms with Crippen molar-refractivity contribution in [2.24, 2.45) is 0 Å². The van der Waals surface area contributed by atoms with Crippen molar-refractivity contribution in [2.45, 2.75) is 33.4 Å². The molecule has 2 aromatic rings. The van der Waals surface area contributed by atoms with Crippen LogP contribution in [-0.2, 0) is 6.54 Å². The van der Waals surface area contributed by atoms with Gasteiger partial charge in [0.05, 0.1) is 0 Å². The van der Waals surface area contributed by atoms with Crippen LogP contribution in [0, 0.1) is 12.7 Å². The van der Waals surface area contributed by atoms with Crippen molar-refractivity contribution in [3.05, 3.63) is 65.5 Å². The van der Waals surface area contributed by atoms with E-state index < -0.39 is 0 Å². The monoisotopic (exact) mass is 455 g/mol. The Balaban J connectivity index is 1.49. The van der Waals surface area contributed by atoms with Gasteiger partial charge in [-0.25, -0.2) is 14.0 Å². The van der Waals surface area contributed by atoms with Gasteiger partial charge in [0.15, 0.2) is 0 Å². The number of benzene rings is 2. The van der Waals surface area contributed by atoms with E-state index in [0.717, 1.165) is 29.9 Å². The van der Waals surface area contributed by atoms with Crippen LogP contribution < -0.4 is 10.6 Å². The van der Waals surface area contributed by atoms with Gasteiger partial charge >= 0.3 is 12.1 Å². The van der Waals surface area contributed by atoms with Crippen LogP contribution in [0.1, 0.15) is 25.0 Å². The number of nitrogens with one attached hydrogen (secondary N) is 2. The summed E-state index contributed by atoms with van der Waals surface area (Å²) >= 11 is 0. The molecule has 7 nitrogen and oxygen atoms in total. The molecular formula is C25H34FN5O2. The minimum Gasteiger partial charge on any atom is -0.336 e. The number of hydrogen-bond donors (Lipinski definition) is 2. The lowest BCUT2D eigenvalue weighted by Gasteiger charge is -2.36. The Kier molecular flexibility index (Phi) is 8.65. The number of carbonyl (C=O) groups is 2. The van der Waals surface area contributed by atoms with Gasteiger partial charge in [0, 0.05) is 57.5 Å². The van der Waals surface area contributed by atoms with E-state index in [1.807, 2.05) is 49.9 Å². The first-order chi connectivity index (χ1) is 15.8. The van der Waals surface area contributed by atoms with Crippen LogP contribution in [-0.4, -0.2) is 72.1 Å². The third-order valence-electron chi connectivity index (χ3n) is 5.63. The normalized spacial score (nSPS) is 14.3. The average molecular weight is 456 g/mol. The minimum absolute atomic E-state index is 0.0313. The number of urea groups is 2. The summed E-state index contributed by atoms with van der Waals surface area (Å²) in [4.78, 5) is 31.1. The molecule has 0 unspecified atom stereocenters. The van der Waals surface area contributed by atoms with Crippen LogP contribution in [0.2, 0.25) is 0 Å². The predicted molar refractivity (Wildman–Crippen MR) is 129 cm³/mol. The highest BCUT2D eigenvalue weighted by Crippen LogP contribution is 2.12. The van der Waals surface area contributed by atoms with E-state index in [-0.39, 0.29) is 23.9 Å². The molecule has 0 aromatic heterocycles. The molecule has 0 aliphatic carbocycles. The van der Waals surface area contributed by atoms with Crippen LogP contribution in [0.25, 0.3) is 0 Å². The first kappa shape index (κ1) is 24.5. The zero-order valence-electron chi connectivity index (χ0n) is 19.7. The van der Waals surface area contributed by atoms with Gasteiger partial charge in [-0.2, -0.15) is 0 Å². The van der Waals surface area contributed by atoms with Crippen molar-refractivity contribution in [3.63, 3.8) is 0 Å².